The minimum Gasteiger partial charge on any atom is -0.483 e. The number of aromatic nitrogens is 2. The van der Waals surface area contributed by atoms with Crippen LogP contribution in [0.15, 0.2) is 17.2 Å². The van der Waals surface area contributed by atoms with Gasteiger partial charge in [-0.15, -0.1) is 0 Å². The van der Waals surface area contributed by atoms with Gasteiger partial charge in [0, 0.05) is 44.3 Å². The summed E-state index contributed by atoms with van der Waals surface area (Å²) in [5.41, 5.74) is -0.541. The molecule has 12 nitrogen and oxygen atoms in total. The molecule has 2 saturated heterocycles. The van der Waals surface area contributed by atoms with Crippen LogP contribution in [0.25, 0.3) is 0 Å². The third kappa shape index (κ3) is 7.29. The normalized spacial score (nSPS) is 27.9. The van der Waals surface area contributed by atoms with Gasteiger partial charge in [-0.3, -0.25) is 24.1 Å². The maximum Gasteiger partial charge on any atom is 0.290 e. The first-order chi connectivity index (χ1) is 18.0. The first-order valence-electron chi connectivity index (χ1n) is 13.1. The highest BCUT2D eigenvalue weighted by molar-refractivity contribution is 5.84. The standard InChI is InChI=1S/C23H35N5O3.2CH2O2/c29-21-14-20(24-16-25-21)28-8-6-17-13-19(27-9-11-31-12-10-27)5-7-23(17,15-28)22(30)26-18-3-1-2-4-18;2*2-1-3/h14,16-19H,1-13,15H2,(H,26,30)(H,24,25,29);2*1H,(H,2,3)/t17-,19+,23-;;/m1../s1. The molecule has 1 amide bonds. The van der Waals surface area contributed by atoms with E-state index >= 15 is 0 Å². The number of nitrogens with zero attached hydrogens (tertiary/aromatic N) is 3. The fraction of sp³-hybridized carbons (Fsp3) is 0.720. The predicted octanol–water partition coefficient (Wildman–Crippen LogP) is 0.928. The Bertz CT molecular complexity index is 926. The maximum atomic E-state index is 13.8. The lowest BCUT2D eigenvalue weighted by Gasteiger charge is -2.53. The zero-order chi connectivity index (χ0) is 26.7. The average Bonchev–Trinajstić information content (AvgIpc) is 3.42. The Morgan fingerprint density at radius 2 is 1.78 bits per heavy atom. The summed E-state index contributed by atoms with van der Waals surface area (Å²) in [5.74, 6) is 1.29. The number of hydrogen-bond acceptors (Lipinski definition) is 8. The second-order valence-electron chi connectivity index (χ2n) is 10.1. The summed E-state index contributed by atoms with van der Waals surface area (Å²) >= 11 is 0. The molecule has 4 aliphatic rings. The largest absolute Gasteiger partial charge is 0.483 e. The topological polar surface area (TPSA) is 165 Å². The van der Waals surface area contributed by atoms with Crippen LogP contribution in [0.5, 0.6) is 0 Å². The van der Waals surface area contributed by atoms with E-state index in [1.54, 1.807) is 6.07 Å². The van der Waals surface area contributed by atoms with Gasteiger partial charge in [-0.1, -0.05) is 12.8 Å². The number of H-pyrrole nitrogens is 1. The van der Waals surface area contributed by atoms with Crippen LogP contribution < -0.4 is 15.8 Å². The van der Waals surface area contributed by atoms with Crippen LogP contribution in [-0.2, 0) is 19.1 Å². The molecule has 12 heteroatoms. The Morgan fingerprint density at radius 3 is 2.43 bits per heavy atom. The summed E-state index contributed by atoms with van der Waals surface area (Å²) in [6.45, 7) is 4.63. The van der Waals surface area contributed by atoms with E-state index in [2.05, 4.69) is 25.1 Å². The average molecular weight is 522 g/mol. The fourth-order valence-corrected chi connectivity index (χ4v) is 6.40. The molecule has 206 valence electrons. The SMILES string of the molecule is O=C(NC1CCCC1)[C@@]12CC[C@H](N3CCOCC3)C[C@H]1CCN(c1cc(=O)[nH]cn1)C2.O=CO.O=CO. The van der Waals surface area contributed by atoms with Crippen molar-refractivity contribution in [2.24, 2.45) is 11.3 Å². The Morgan fingerprint density at radius 1 is 1.11 bits per heavy atom. The van der Waals surface area contributed by atoms with E-state index in [1.165, 1.54) is 19.2 Å². The monoisotopic (exact) mass is 521 g/mol. The van der Waals surface area contributed by atoms with Crippen LogP contribution in [0.1, 0.15) is 51.4 Å². The Kier molecular flexibility index (Phi) is 10.9. The van der Waals surface area contributed by atoms with Crippen molar-refractivity contribution in [3.63, 3.8) is 0 Å². The van der Waals surface area contributed by atoms with Gasteiger partial charge >= 0.3 is 0 Å². The van der Waals surface area contributed by atoms with Crippen molar-refractivity contribution in [2.45, 2.75) is 63.5 Å². The molecule has 0 unspecified atom stereocenters. The van der Waals surface area contributed by atoms with Crippen molar-refractivity contribution in [2.75, 3.05) is 44.3 Å². The van der Waals surface area contributed by atoms with E-state index in [4.69, 9.17) is 24.5 Å². The number of aromatic amines is 1. The van der Waals surface area contributed by atoms with E-state index in [9.17, 15) is 9.59 Å². The van der Waals surface area contributed by atoms with Gasteiger partial charge < -0.3 is 30.2 Å². The molecule has 1 aromatic heterocycles. The van der Waals surface area contributed by atoms with Gasteiger partial charge in [-0.2, -0.15) is 0 Å². The second kappa shape index (κ2) is 14.1. The second-order valence-corrected chi connectivity index (χ2v) is 10.1. The smallest absolute Gasteiger partial charge is 0.290 e. The highest BCUT2D eigenvalue weighted by atomic mass is 16.5. The number of carbonyl (C=O) groups is 3. The highest BCUT2D eigenvalue weighted by Gasteiger charge is 2.53. The molecule has 37 heavy (non-hydrogen) atoms. The van der Waals surface area contributed by atoms with Crippen LogP contribution in [0.3, 0.4) is 0 Å². The number of hydrogen-bond donors (Lipinski definition) is 4. The number of rotatable bonds is 4. The lowest BCUT2D eigenvalue weighted by Crippen LogP contribution is -2.62. The molecule has 4 fully saturated rings. The van der Waals surface area contributed by atoms with Gasteiger partial charge in [0.1, 0.15) is 5.82 Å². The summed E-state index contributed by atoms with van der Waals surface area (Å²) < 4.78 is 5.55. The van der Waals surface area contributed by atoms with Gasteiger partial charge in [0.25, 0.3) is 18.5 Å². The number of piperidine rings is 1. The molecule has 0 aromatic carbocycles. The summed E-state index contributed by atoms with van der Waals surface area (Å²) in [6.07, 6.45) is 10.1. The number of morpholine rings is 1. The van der Waals surface area contributed by atoms with Crippen LogP contribution in [0.2, 0.25) is 0 Å². The van der Waals surface area contributed by atoms with Gasteiger partial charge in [0.05, 0.1) is 25.0 Å². The molecule has 0 spiro atoms. The molecule has 3 heterocycles. The van der Waals surface area contributed by atoms with Crippen LogP contribution in [0, 0.1) is 11.3 Å². The van der Waals surface area contributed by atoms with E-state index in [-0.39, 0.29) is 24.4 Å². The Labute approximate surface area is 216 Å². The Hall–Kier alpha value is -2.99. The van der Waals surface area contributed by atoms with Crippen molar-refractivity contribution in [3.8, 4) is 0 Å². The molecule has 1 aromatic rings. The third-order valence-electron chi connectivity index (χ3n) is 8.17. The zero-order valence-corrected chi connectivity index (χ0v) is 21.2. The minimum atomic E-state index is -0.395. The van der Waals surface area contributed by atoms with E-state index in [0.717, 1.165) is 71.4 Å². The summed E-state index contributed by atoms with van der Waals surface area (Å²) in [6, 6.07) is 2.43. The van der Waals surface area contributed by atoms with Gasteiger partial charge in [0.2, 0.25) is 5.91 Å². The van der Waals surface area contributed by atoms with Crippen molar-refractivity contribution in [1.29, 1.82) is 0 Å². The van der Waals surface area contributed by atoms with Crippen LogP contribution >= 0.6 is 0 Å². The molecule has 2 aliphatic heterocycles. The number of carbonyl (C=O) groups excluding carboxylic acids is 1. The van der Waals surface area contributed by atoms with Gasteiger partial charge in [-0.25, -0.2) is 4.98 Å². The number of anilines is 1. The highest BCUT2D eigenvalue weighted by Crippen LogP contribution is 2.48. The number of amides is 1. The molecule has 3 atom stereocenters. The quantitative estimate of drug-likeness (QED) is 0.419. The summed E-state index contributed by atoms with van der Waals surface area (Å²) in [5, 5.41) is 17.2. The number of fused-ring (bicyclic) bond motifs is 1. The zero-order valence-electron chi connectivity index (χ0n) is 21.2. The van der Waals surface area contributed by atoms with Crippen molar-refractivity contribution < 1.29 is 29.3 Å². The molecular formula is C25H39N5O7. The minimum absolute atomic E-state index is 0.146. The molecule has 4 N–H and O–H groups in total. The predicted molar refractivity (Wildman–Crippen MR) is 135 cm³/mol. The van der Waals surface area contributed by atoms with E-state index in [0.29, 0.717) is 30.4 Å². The lowest BCUT2D eigenvalue weighted by molar-refractivity contribution is -0.140. The molecule has 2 aliphatic carbocycles. The fourth-order valence-electron chi connectivity index (χ4n) is 6.40. The third-order valence-corrected chi connectivity index (χ3v) is 8.17. The van der Waals surface area contributed by atoms with Crippen molar-refractivity contribution >= 4 is 24.7 Å². The molecule has 0 radical (unpaired) electrons. The lowest BCUT2D eigenvalue weighted by atomic mass is 9.60. The van der Waals surface area contributed by atoms with Crippen molar-refractivity contribution in [1.82, 2.24) is 20.2 Å². The first kappa shape index (κ1) is 28.6. The maximum absolute atomic E-state index is 13.8. The van der Waals surface area contributed by atoms with E-state index < -0.39 is 5.41 Å². The first-order valence-corrected chi connectivity index (χ1v) is 13.1. The molecule has 2 saturated carbocycles. The molecular weight excluding hydrogens is 482 g/mol. The molecule has 5 rings (SSSR count). The Balaban J connectivity index is 0.000000580. The van der Waals surface area contributed by atoms with Gasteiger partial charge in [-0.05, 0) is 44.4 Å². The summed E-state index contributed by atoms with van der Waals surface area (Å²) in [4.78, 5) is 54.1. The number of nitrogens with one attached hydrogen (secondary N) is 2. The van der Waals surface area contributed by atoms with E-state index in [1.807, 2.05) is 0 Å². The number of carboxylic acid groups (broad SMARTS) is 2. The number of ether oxygens (including phenoxy) is 1. The van der Waals surface area contributed by atoms with Crippen molar-refractivity contribution in [3.05, 3.63) is 22.7 Å². The van der Waals surface area contributed by atoms with Gasteiger partial charge in [0.15, 0.2) is 0 Å². The van der Waals surface area contributed by atoms with Crippen LogP contribution in [-0.4, -0.2) is 95.4 Å². The molecule has 0 bridgehead atoms. The van der Waals surface area contributed by atoms with Crippen LogP contribution in [0.4, 0.5) is 5.82 Å². The summed E-state index contributed by atoms with van der Waals surface area (Å²) in [7, 11) is 0.